The van der Waals surface area contributed by atoms with E-state index in [9.17, 15) is 0 Å². The second-order valence-corrected chi connectivity index (χ2v) is 3.71. The monoisotopic (exact) mass is 238 g/mol. The van der Waals surface area contributed by atoms with Crippen LogP contribution in [0.25, 0.3) is 0 Å². The number of hydrogen-bond acceptors (Lipinski definition) is 5. The number of hydrogen-bond donors (Lipinski definition) is 1. The van der Waals surface area contributed by atoms with Gasteiger partial charge in [0.1, 0.15) is 23.6 Å². The summed E-state index contributed by atoms with van der Waals surface area (Å²) >= 11 is 5.88. The molecule has 0 bridgehead atoms. The maximum atomic E-state index is 5.88. The quantitative estimate of drug-likeness (QED) is 0.814. The van der Waals surface area contributed by atoms with Crippen LogP contribution in [0, 0.1) is 6.92 Å². The van der Waals surface area contributed by atoms with E-state index >= 15 is 0 Å². The highest BCUT2D eigenvalue weighted by Crippen LogP contribution is 2.17. The number of rotatable bonds is 3. The van der Waals surface area contributed by atoms with Crippen molar-refractivity contribution in [3.63, 3.8) is 0 Å². The van der Waals surface area contributed by atoms with Crippen LogP contribution in [0.5, 0.6) is 0 Å². The summed E-state index contributed by atoms with van der Waals surface area (Å²) in [5.74, 6) is 1.54. The van der Waals surface area contributed by atoms with E-state index in [1.165, 1.54) is 6.33 Å². The minimum atomic E-state index is 0.454. The van der Waals surface area contributed by atoms with Crippen molar-refractivity contribution >= 4 is 17.4 Å². The predicted octanol–water partition coefficient (Wildman–Crippen LogP) is 1.18. The molecular weight excluding hydrogens is 228 g/mol. The van der Waals surface area contributed by atoms with Crippen LogP contribution in [0.3, 0.4) is 0 Å². The van der Waals surface area contributed by atoms with Crippen LogP contribution in [-0.2, 0) is 13.6 Å². The van der Waals surface area contributed by atoms with Gasteiger partial charge in [0.05, 0.1) is 6.54 Å². The van der Waals surface area contributed by atoms with Gasteiger partial charge in [-0.15, -0.1) is 10.2 Å². The van der Waals surface area contributed by atoms with Crippen molar-refractivity contribution in [1.82, 2.24) is 24.7 Å². The number of nitrogens with zero attached hydrogens (tertiary/aromatic N) is 5. The molecule has 16 heavy (non-hydrogen) atoms. The average Bonchev–Trinajstić information content (AvgIpc) is 2.67. The zero-order valence-corrected chi connectivity index (χ0v) is 9.73. The molecule has 0 aliphatic heterocycles. The Kier molecular flexibility index (Phi) is 3.00. The molecule has 0 amide bonds. The van der Waals surface area contributed by atoms with E-state index in [4.69, 9.17) is 11.6 Å². The van der Waals surface area contributed by atoms with E-state index in [-0.39, 0.29) is 0 Å². The first-order chi connectivity index (χ1) is 7.68. The molecular formula is C9H11ClN6. The molecule has 0 atom stereocenters. The molecule has 0 unspecified atom stereocenters. The van der Waals surface area contributed by atoms with Crippen LogP contribution in [0.2, 0.25) is 5.15 Å². The van der Waals surface area contributed by atoms with Gasteiger partial charge < -0.3 is 9.88 Å². The molecule has 0 aromatic carbocycles. The number of nitrogens with one attached hydrogen (secondary N) is 1. The van der Waals surface area contributed by atoms with Gasteiger partial charge in [-0.1, -0.05) is 11.6 Å². The van der Waals surface area contributed by atoms with Crippen molar-refractivity contribution in [2.75, 3.05) is 5.32 Å². The average molecular weight is 239 g/mol. The maximum Gasteiger partial charge on any atom is 0.151 e. The van der Waals surface area contributed by atoms with Crippen LogP contribution in [0.15, 0.2) is 12.7 Å². The van der Waals surface area contributed by atoms with E-state index in [0.717, 1.165) is 11.4 Å². The molecule has 84 valence electrons. The van der Waals surface area contributed by atoms with Crippen molar-refractivity contribution in [2.45, 2.75) is 13.5 Å². The number of halogens is 1. The minimum absolute atomic E-state index is 0.454. The fraction of sp³-hybridized carbons (Fsp3) is 0.333. The Morgan fingerprint density at radius 1 is 1.44 bits per heavy atom. The zero-order chi connectivity index (χ0) is 11.5. The molecule has 0 aliphatic rings. The Hall–Kier alpha value is -1.69. The lowest BCUT2D eigenvalue weighted by Crippen LogP contribution is -2.08. The highest BCUT2D eigenvalue weighted by Gasteiger charge is 2.06. The Balaban J connectivity index is 2.11. The van der Waals surface area contributed by atoms with Gasteiger partial charge in [0.25, 0.3) is 0 Å². The van der Waals surface area contributed by atoms with Gasteiger partial charge in [0, 0.05) is 12.6 Å². The van der Waals surface area contributed by atoms with Crippen molar-refractivity contribution in [3.8, 4) is 0 Å². The highest BCUT2D eigenvalue weighted by atomic mass is 35.5. The third kappa shape index (κ3) is 2.11. The number of aromatic nitrogens is 5. The molecule has 0 spiro atoms. The predicted molar refractivity (Wildman–Crippen MR) is 60.1 cm³/mol. The van der Waals surface area contributed by atoms with Gasteiger partial charge in [0.2, 0.25) is 0 Å². The molecule has 0 radical (unpaired) electrons. The van der Waals surface area contributed by atoms with E-state index in [2.05, 4.69) is 25.5 Å². The van der Waals surface area contributed by atoms with Crippen LogP contribution < -0.4 is 5.32 Å². The molecule has 1 N–H and O–H groups in total. The molecule has 2 aromatic rings. The Labute approximate surface area is 97.7 Å². The lowest BCUT2D eigenvalue weighted by atomic mass is 10.3. The van der Waals surface area contributed by atoms with Gasteiger partial charge in [-0.05, 0) is 6.92 Å². The molecule has 0 saturated carbocycles. The largest absolute Gasteiger partial charge is 0.362 e. The Morgan fingerprint density at radius 2 is 2.25 bits per heavy atom. The van der Waals surface area contributed by atoms with E-state index < -0.39 is 0 Å². The fourth-order valence-electron chi connectivity index (χ4n) is 1.24. The topological polar surface area (TPSA) is 68.5 Å². The van der Waals surface area contributed by atoms with Crippen molar-refractivity contribution < 1.29 is 0 Å². The first kappa shape index (κ1) is 10.8. The third-order valence-electron chi connectivity index (χ3n) is 2.24. The third-order valence-corrected chi connectivity index (χ3v) is 2.62. The summed E-state index contributed by atoms with van der Waals surface area (Å²) < 4.78 is 1.84. The Bertz CT molecular complexity index is 494. The SMILES string of the molecule is Cc1c(Cl)ncnc1NCc1nncn1C. The molecule has 2 aromatic heterocycles. The standard InChI is InChI=1S/C9H11ClN6/c1-6-8(10)12-4-13-9(6)11-3-7-15-14-5-16(7)2/h4-5H,3H2,1-2H3,(H,11,12,13). The smallest absolute Gasteiger partial charge is 0.151 e. The van der Waals surface area contributed by atoms with Crippen molar-refractivity contribution in [1.29, 1.82) is 0 Å². The first-order valence-corrected chi connectivity index (χ1v) is 5.10. The summed E-state index contributed by atoms with van der Waals surface area (Å²) in [6.45, 7) is 2.41. The molecule has 6 nitrogen and oxygen atoms in total. The zero-order valence-electron chi connectivity index (χ0n) is 8.98. The van der Waals surface area contributed by atoms with Gasteiger partial charge in [-0.2, -0.15) is 0 Å². The van der Waals surface area contributed by atoms with Gasteiger partial charge >= 0.3 is 0 Å². The Morgan fingerprint density at radius 3 is 2.94 bits per heavy atom. The van der Waals surface area contributed by atoms with Crippen LogP contribution >= 0.6 is 11.6 Å². The summed E-state index contributed by atoms with van der Waals surface area (Å²) in [6, 6.07) is 0. The first-order valence-electron chi connectivity index (χ1n) is 4.72. The molecule has 0 fully saturated rings. The lowest BCUT2D eigenvalue weighted by Gasteiger charge is -2.07. The molecule has 0 aliphatic carbocycles. The molecule has 2 rings (SSSR count). The number of aryl methyl sites for hydroxylation is 1. The highest BCUT2D eigenvalue weighted by molar-refractivity contribution is 6.30. The normalized spacial score (nSPS) is 10.4. The van der Waals surface area contributed by atoms with Crippen molar-refractivity contribution in [3.05, 3.63) is 29.2 Å². The number of anilines is 1. The maximum absolute atomic E-state index is 5.88. The molecule has 2 heterocycles. The summed E-state index contributed by atoms with van der Waals surface area (Å²) in [4.78, 5) is 7.99. The molecule has 7 heteroatoms. The minimum Gasteiger partial charge on any atom is -0.362 e. The summed E-state index contributed by atoms with van der Waals surface area (Å²) in [7, 11) is 1.89. The summed E-state index contributed by atoms with van der Waals surface area (Å²) in [5.41, 5.74) is 0.825. The van der Waals surface area contributed by atoms with Gasteiger partial charge in [-0.25, -0.2) is 9.97 Å². The van der Waals surface area contributed by atoms with E-state index in [0.29, 0.717) is 17.5 Å². The molecule has 0 saturated heterocycles. The van der Waals surface area contributed by atoms with E-state index in [1.54, 1.807) is 6.33 Å². The van der Waals surface area contributed by atoms with Crippen molar-refractivity contribution in [2.24, 2.45) is 7.05 Å². The van der Waals surface area contributed by atoms with Crippen LogP contribution in [0.4, 0.5) is 5.82 Å². The lowest BCUT2D eigenvalue weighted by molar-refractivity contribution is 0.809. The van der Waals surface area contributed by atoms with Gasteiger partial charge in [-0.3, -0.25) is 0 Å². The van der Waals surface area contributed by atoms with E-state index in [1.807, 2.05) is 18.5 Å². The summed E-state index contributed by atoms with van der Waals surface area (Å²) in [5, 5.41) is 11.3. The second-order valence-electron chi connectivity index (χ2n) is 3.35. The fourth-order valence-corrected chi connectivity index (χ4v) is 1.37. The second kappa shape index (κ2) is 4.44. The van der Waals surface area contributed by atoms with Crippen LogP contribution in [0.1, 0.15) is 11.4 Å². The summed E-state index contributed by atoms with van der Waals surface area (Å²) in [6.07, 6.45) is 3.07. The van der Waals surface area contributed by atoms with Gasteiger partial charge in [0.15, 0.2) is 5.82 Å². The van der Waals surface area contributed by atoms with Crippen LogP contribution in [-0.4, -0.2) is 24.7 Å².